The summed E-state index contributed by atoms with van der Waals surface area (Å²) in [5.41, 5.74) is 0.203. The summed E-state index contributed by atoms with van der Waals surface area (Å²) in [5, 5.41) is 23.0. The van der Waals surface area contributed by atoms with Gasteiger partial charge in [-0.05, 0) is 48.5 Å². The van der Waals surface area contributed by atoms with Crippen LogP contribution in [0.4, 0.5) is 11.4 Å². The van der Waals surface area contributed by atoms with Gasteiger partial charge in [0.15, 0.2) is 0 Å². The highest BCUT2D eigenvalue weighted by Crippen LogP contribution is 2.24. The van der Waals surface area contributed by atoms with Crippen LogP contribution >= 0.6 is 0 Å². The third-order valence-corrected chi connectivity index (χ3v) is 3.89. The van der Waals surface area contributed by atoms with E-state index in [-0.39, 0.29) is 16.8 Å². The number of carbonyl (C=O) groups excluding carboxylic acids is 1. The van der Waals surface area contributed by atoms with Gasteiger partial charge >= 0.3 is 0 Å². The van der Waals surface area contributed by atoms with E-state index in [0.717, 1.165) is 0 Å². The first-order valence-corrected chi connectivity index (χ1v) is 8.56. The number of nitro benzene ring substituents is 1. The minimum Gasteiger partial charge on any atom is -0.457 e. The normalized spacial score (nSPS) is 10.7. The van der Waals surface area contributed by atoms with E-state index in [1.807, 2.05) is 30.3 Å². The lowest BCUT2D eigenvalue weighted by molar-refractivity contribution is -0.385. The van der Waals surface area contributed by atoms with Crippen LogP contribution in [0, 0.1) is 21.4 Å². The Hall–Kier alpha value is -4.44. The third-order valence-electron chi connectivity index (χ3n) is 3.89. The monoisotopic (exact) mass is 385 g/mol. The maximum Gasteiger partial charge on any atom is 0.276 e. The molecule has 0 radical (unpaired) electrons. The van der Waals surface area contributed by atoms with Gasteiger partial charge in [-0.3, -0.25) is 14.9 Å². The van der Waals surface area contributed by atoms with Gasteiger partial charge in [0.2, 0.25) is 0 Å². The predicted octanol–water partition coefficient (Wildman–Crippen LogP) is 4.93. The molecule has 0 aliphatic rings. The molecule has 0 atom stereocenters. The standard InChI is InChI=1S/C22H15N3O4/c23-15-17(14-16-6-4-5-9-21(16)25(27)28)22(26)24-18-10-12-20(13-11-18)29-19-7-2-1-3-8-19/h1-14H,(H,24,26)/b17-14+. The largest absolute Gasteiger partial charge is 0.457 e. The molecule has 3 aromatic rings. The molecule has 0 aliphatic heterocycles. The van der Waals surface area contributed by atoms with Crippen LogP contribution in [-0.2, 0) is 4.79 Å². The number of amides is 1. The highest BCUT2D eigenvalue weighted by Gasteiger charge is 2.15. The fraction of sp³-hybridized carbons (Fsp3) is 0. The van der Waals surface area contributed by atoms with Gasteiger partial charge in [-0.15, -0.1) is 0 Å². The average Bonchev–Trinajstić information content (AvgIpc) is 2.74. The van der Waals surface area contributed by atoms with Crippen molar-refractivity contribution in [1.29, 1.82) is 5.26 Å². The predicted molar refractivity (Wildman–Crippen MR) is 108 cm³/mol. The summed E-state index contributed by atoms with van der Waals surface area (Å²) >= 11 is 0. The summed E-state index contributed by atoms with van der Waals surface area (Å²) < 4.78 is 5.68. The van der Waals surface area contributed by atoms with Gasteiger partial charge in [-0.1, -0.05) is 30.3 Å². The molecule has 1 N–H and O–H groups in total. The number of para-hydroxylation sites is 2. The molecule has 3 aromatic carbocycles. The Bertz CT molecular complexity index is 1100. The Morgan fingerprint density at radius 1 is 0.966 bits per heavy atom. The van der Waals surface area contributed by atoms with E-state index in [1.54, 1.807) is 36.4 Å². The van der Waals surface area contributed by atoms with E-state index in [1.165, 1.54) is 24.3 Å². The first-order valence-electron chi connectivity index (χ1n) is 8.56. The quantitative estimate of drug-likeness (QED) is 0.280. The molecule has 0 spiro atoms. The SMILES string of the molecule is N#C/C(=C\c1ccccc1[N+](=O)[O-])C(=O)Nc1ccc(Oc2ccccc2)cc1. The topological polar surface area (TPSA) is 105 Å². The summed E-state index contributed by atoms with van der Waals surface area (Å²) in [4.78, 5) is 22.9. The molecule has 0 saturated carbocycles. The maximum atomic E-state index is 12.4. The minimum atomic E-state index is -0.664. The molecule has 29 heavy (non-hydrogen) atoms. The molecule has 3 rings (SSSR count). The highest BCUT2D eigenvalue weighted by molar-refractivity contribution is 6.09. The van der Waals surface area contributed by atoms with E-state index in [0.29, 0.717) is 17.2 Å². The molecule has 0 fully saturated rings. The zero-order chi connectivity index (χ0) is 20.6. The van der Waals surface area contributed by atoms with Crippen molar-refractivity contribution in [2.45, 2.75) is 0 Å². The second-order valence-electron chi connectivity index (χ2n) is 5.88. The van der Waals surface area contributed by atoms with Crippen LogP contribution in [-0.4, -0.2) is 10.8 Å². The molecular formula is C22H15N3O4. The molecule has 142 valence electrons. The van der Waals surface area contributed by atoms with Gasteiger partial charge in [0.25, 0.3) is 11.6 Å². The Labute approximate surface area is 166 Å². The van der Waals surface area contributed by atoms with E-state index in [2.05, 4.69) is 5.32 Å². The Morgan fingerprint density at radius 2 is 1.59 bits per heavy atom. The van der Waals surface area contributed by atoms with Gasteiger partial charge in [-0.25, -0.2) is 0 Å². The number of nitrogens with one attached hydrogen (secondary N) is 1. The van der Waals surface area contributed by atoms with Crippen molar-refractivity contribution < 1.29 is 14.5 Å². The number of hydrogen-bond donors (Lipinski definition) is 1. The lowest BCUT2D eigenvalue weighted by Gasteiger charge is -2.08. The maximum absolute atomic E-state index is 12.4. The number of nitriles is 1. The van der Waals surface area contributed by atoms with E-state index in [9.17, 15) is 20.2 Å². The third kappa shape index (κ3) is 5.05. The van der Waals surface area contributed by atoms with Crippen molar-refractivity contribution in [1.82, 2.24) is 0 Å². The van der Waals surface area contributed by atoms with E-state index >= 15 is 0 Å². The summed E-state index contributed by atoms with van der Waals surface area (Å²) in [6.45, 7) is 0. The molecule has 0 heterocycles. The number of rotatable bonds is 6. The molecule has 7 heteroatoms. The second-order valence-corrected chi connectivity index (χ2v) is 5.88. The van der Waals surface area contributed by atoms with Crippen LogP contribution in [0.2, 0.25) is 0 Å². The number of hydrogen-bond acceptors (Lipinski definition) is 5. The van der Waals surface area contributed by atoms with Crippen LogP contribution in [0.5, 0.6) is 11.5 Å². The second kappa shape index (κ2) is 8.97. The van der Waals surface area contributed by atoms with Crippen molar-refractivity contribution in [3.63, 3.8) is 0 Å². The van der Waals surface area contributed by atoms with Crippen LogP contribution in [0.3, 0.4) is 0 Å². The highest BCUT2D eigenvalue weighted by atomic mass is 16.6. The van der Waals surface area contributed by atoms with E-state index in [4.69, 9.17) is 4.74 Å². The number of benzene rings is 3. The Morgan fingerprint density at radius 3 is 2.24 bits per heavy atom. The smallest absolute Gasteiger partial charge is 0.276 e. The summed E-state index contributed by atoms with van der Waals surface area (Å²) in [6.07, 6.45) is 1.19. The molecule has 0 aliphatic carbocycles. The Kier molecular flexibility index (Phi) is 5.98. The van der Waals surface area contributed by atoms with Crippen molar-refractivity contribution in [2.75, 3.05) is 5.32 Å². The van der Waals surface area contributed by atoms with Crippen LogP contribution in [0.25, 0.3) is 6.08 Å². The van der Waals surface area contributed by atoms with Crippen molar-refractivity contribution in [2.24, 2.45) is 0 Å². The fourth-order valence-corrected chi connectivity index (χ4v) is 2.51. The molecule has 1 amide bonds. The Balaban J connectivity index is 1.73. The van der Waals surface area contributed by atoms with Gasteiger partial charge in [0.05, 0.1) is 10.5 Å². The van der Waals surface area contributed by atoms with Gasteiger partial charge in [0, 0.05) is 11.8 Å². The fourth-order valence-electron chi connectivity index (χ4n) is 2.51. The summed E-state index contributed by atoms with van der Waals surface area (Å²) in [7, 11) is 0. The zero-order valence-corrected chi connectivity index (χ0v) is 15.1. The van der Waals surface area contributed by atoms with Crippen LogP contribution in [0.15, 0.2) is 84.4 Å². The summed E-state index contributed by atoms with van der Waals surface area (Å²) in [5.74, 6) is 0.607. The minimum absolute atomic E-state index is 0.177. The molecular weight excluding hydrogens is 370 g/mol. The lowest BCUT2D eigenvalue weighted by atomic mass is 10.1. The van der Waals surface area contributed by atoms with Gasteiger partial charge in [0.1, 0.15) is 23.1 Å². The number of carbonyl (C=O) groups is 1. The molecule has 0 saturated heterocycles. The van der Waals surface area contributed by atoms with Gasteiger partial charge in [-0.2, -0.15) is 5.26 Å². The number of ether oxygens (including phenoxy) is 1. The van der Waals surface area contributed by atoms with Crippen molar-refractivity contribution in [3.8, 4) is 17.6 Å². The molecule has 0 unspecified atom stereocenters. The zero-order valence-electron chi connectivity index (χ0n) is 15.1. The number of nitro groups is 1. The van der Waals surface area contributed by atoms with Crippen LogP contribution < -0.4 is 10.1 Å². The van der Waals surface area contributed by atoms with Crippen molar-refractivity contribution in [3.05, 3.63) is 100 Å². The van der Waals surface area contributed by atoms with Gasteiger partial charge < -0.3 is 10.1 Å². The molecule has 0 bridgehead atoms. The summed E-state index contributed by atoms with van der Waals surface area (Å²) in [6, 6.07) is 23.5. The van der Waals surface area contributed by atoms with Crippen LogP contribution in [0.1, 0.15) is 5.56 Å². The van der Waals surface area contributed by atoms with E-state index < -0.39 is 10.8 Å². The lowest BCUT2D eigenvalue weighted by Crippen LogP contribution is -2.13. The van der Waals surface area contributed by atoms with Crippen molar-refractivity contribution >= 4 is 23.4 Å². The first kappa shape index (κ1) is 19.3. The number of nitrogens with zero attached hydrogens (tertiary/aromatic N) is 2. The average molecular weight is 385 g/mol. The first-order chi connectivity index (χ1) is 14.1. The molecule has 0 aromatic heterocycles. The molecule has 7 nitrogen and oxygen atoms in total. The number of anilines is 1.